The lowest BCUT2D eigenvalue weighted by Crippen LogP contribution is -2.09. The molecule has 0 aliphatic carbocycles. The second-order valence-electron chi connectivity index (χ2n) is 5.74. The first-order chi connectivity index (χ1) is 11.5. The van der Waals surface area contributed by atoms with Gasteiger partial charge in [0, 0.05) is 12.2 Å². The van der Waals surface area contributed by atoms with Crippen LogP contribution in [0.25, 0.3) is 0 Å². The summed E-state index contributed by atoms with van der Waals surface area (Å²) in [5.41, 5.74) is 4.22. The number of hydrogen-bond acceptors (Lipinski definition) is 3. The van der Waals surface area contributed by atoms with Gasteiger partial charge in [-0.2, -0.15) is 0 Å². The lowest BCUT2D eigenvalue weighted by Gasteiger charge is -2.12. The van der Waals surface area contributed by atoms with Gasteiger partial charge in [0.15, 0.2) is 5.52 Å². The number of hydrogen-bond donors (Lipinski definition) is 0. The molecule has 0 aliphatic heterocycles. The highest BCUT2D eigenvalue weighted by Crippen LogP contribution is 2.26. The van der Waals surface area contributed by atoms with Crippen molar-refractivity contribution >= 4 is 19.4 Å². The molecule has 2 aromatic rings. The molecule has 0 aliphatic rings. The zero-order valence-corrected chi connectivity index (χ0v) is 15.8. The van der Waals surface area contributed by atoms with Gasteiger partial charge in [-0.1, -0.05) is 24.3 Å². The Hall–Kier alpha value is -1.70. The quantitative estimate of drug-likeness (QED) is 0.532. The van der Waals surface area contributed by atoms with E-state index in [0.717, 1.165) is 33.3 Å². The Morgan fingerprint density at radius 1 is 1.00 bits per heavy atom. The second kappa shape index (κ2) is 8.96. The van der Waals surface area contributed by atoms with Crippen molar-refractivity contribution in [1.29, 1.82) is 0 Å². The fraction of sp³-hybridized carbons (Fsp3) is 0.350. The van der Waals surface area contributed by atoms with E-state index in [-0.39, 0.29) is 14.1 Å². The summed E-state index contributed by atoms with van der Waals surface area (Å²) in [5, 5.41) is 1.07. The minimum atomic E-state index is 0.127. The third-order valence-electron chi connectivity index (χ3n) is 3.85. The summed E-state index contributed by atoms with van der Waals surface area (Å²) in [5.74, 6) is 0.820. The van der Waals surface area contributed by atoms with E-state index >= 15 is 0 Å². The maximum atomic E-state index is 12.7. The van der Waals surface area contributed by atoms with Crippen LogP contribution in [0.2, 0.25) is 0 Å². The van der Waals surface area contributed by atoms with Gasteiger partial charge in [-0.25, -0.2) is 0 Å². The van der Waals surface area contributed by atoms with Gasteiger partial charge in [0.2, 0.25) is 0 Å². The highest BCUT2D eigenvalue weighted by atomic mass is 31.1. The van der Waals surface area contributed by atoms with Crippen LogP contribution in [0.5, 0.6) is 5.75 Å². The zero-order valence-electron chi connectivity index (χ0n) is 14.8. The normalized spacial score (nSPS) is 11.2. The topological polar surface area (TPSA) is 35.5 Å². The maximum absolute atomic E-state index is 12.7. The van der Waals surface area contributed by atoms with Gasteiger partial charge in [0.05, 0.1) is 6.61 Å². The van der Waals surface area contributed by atoms with Gasteiger partial charge in [-0.3, -0.25) is 4.79 Å². The van der Waals surface area contributed by atoms with Crippen molar-refractivity contribution in [2.75, 3.05) is 19.8 Å². The van der Waals surface area contributed by atoms with E-state index in [9.17, 15) is 4.79 Å². The number of carbonyl (C=O) groups is 1. The minimum absolute atomic E-state index is 0.127. The highest BCUT2D eigenvalue weighted by molar-refractivity contribution is 7.66. The molecule has 0 heterocycles. The summed E-state index contributed by atoms with van der Waals surface area (Å²) >= 11 is 0. The Morgan fingerprint density at radius 3 is 2.33 bits per heavy atom. The highest BCUT2D eigenvalue weighted by Gasteiger charge is 2.14. The molecule has 2 aromatic carbocycles. The van der Waals surface area contributed by atoms with Gasteiger partial charge in [-0.05, 0) is 70.4 Å². The molecule has 0 spiro atoms. The van der Waals surface area contributed by atoms with E-state index in [1.165, 1.54) is 0 Å². The molecular formula is C20H25O3P. The summed E-state index contributed by atoms with van der Waals surface area (Å²) in [7, 11) is 0.127. The van der Waals surface area contributed by atoms with Gasteiger partial charge < -0.3 is 9.47 Å². The molecule has 24 heavy (non-hydrogen) atoms. The lowest BCUT2D eigenvalue weighted by molar-refractivity contribution is 0.108. The van der Waals surface area contributed by atoms with E-state index in [1.807, 2.05) is 64.1 Å². The predicted octanol–water partition coefficient (Wildman–Crippen LogP) is 4.17. The minimum Gasteiger partial charge on any atom is -0.491 e. The average molecular weight is 344 g/mol. The van der Waals surface area contributed by atoms with Crippen LogP contribution in [0.4, 0.5) is 0 Å². The molecule has 0 fully saturated rings. The predicted molar refractivity (Wildman–Crippen MR) is 101 cm³/mol. The van der Waals surface area contributed by atoms with Gasteiger partial charge in [0.1, 0.15) is 12.4 Å². The van der Waals surface area contributed by atoms with Crippen LogP contribution in [-0.4, -0.2) is 25.3 Å². The number of aryl methyl sites for hydroxylation is 3. The first-order valence-corrected chi connectivity index (χ1v) is 9.21. The molecule has 1 unspecified atom stereocenters. The molecule has 3 nitrogen and oxygen atoms in total. The summed E-state index contributed by atoms with van der Waals surface area (Å²) in [6, 6.07) is 11.9. The molecule has 2 rings (SSSR count). The molecule has 0 amide bonds. The summed E-state index contributed by atoms with van der Waals surface area (Å²) < 4.78 is 10.9. The fourth-order valence-electron chi connectivity index (χ4n) is 2.59. The van der Waals surface area contributed by atoms with Crippen LogP contribution in [0.3, 0.4) is 0 Å². The van der Waals surface area contributed by atoms with Crippen LogP contribution >= 0.6 is 8.58 Å². The molecule has 4 heteroatoms. The number of carbonyl (C=O) groups excluding carboxylic acids is 1. The monoisotopic (exact) mass is 344 g/mol. The van der Waals surface area contributed by atoms with Crippen molar-refractivity contribution in [3.8, 4) is 5.75 Å². The van der Waals surface area contributed by atoms with Crippen LogP contribution < -0.4 is 10.0 Å². The Bertz CT molecular complexity index is 690. The van der Waals surface area contributed by atoms with Crippen LogP contribution in [0.15, 0.2) is 36.4 Å². The Morgan fingerprint density at radius 2 is 1.71 bits per heavy atom. The Kier molecular flexibility index (Phi) is 6.96. The van der Waals surface area contributed by atoms with E-state index in [1.54, 1.807) is 0 Å². The standard InChI is InChI=1S/C20H25O3P/c1-5-22-11-12-23-17-9-10-18(16(4)13-17)24-20(21)19-14(2)7-6-8-15(19)3/h6-10,13,24H,5,11-12H2,1-4H3. The maximum Gasteiger partial charge on any atom is 0.186 e. The molecule has 1 atom stereocenters. The van der Waals surface area contributed by atoms with Crippen molar-refractivity contribution < 1.29 is 14.3 Å². The van der Waals surface area contributed by atoms with Crippen LogP contribution in [0, 0.1) is 20.8 Å². The molecular weight excluding hydrogens is 319 g/mol. The molecule has 128 valence electrons. The third kappa shape index (κ3) is 4.90. The van der Waals surface area contributed by atoms with E-state index in [4.69, 9.17) is 9.47 Å². The number of ether oxygens (including phenoxy) is 2. The van der Waals surface area contributed by atoms with Crippen molar-refractivity contribution in [2.45, 2.75) is 27.7 Å². The van der Waals surface area contributed by atoms with E-state index in [2.05, 4.69) is 0 Å². The largest absolute Gasteiger partial charge is 0.491 e. The molecule has 0 N–H and O–H groups in total. The summed E-state index contributed by atoms with van der Waals surface area (Å²) in [6.07, 6.45) is 0. The average Bonchev–Trinajstić information content (AvgIpc) is 2.54. The van der Waals surface area contributed by atoms with Crippen molar-refractivity contribution in [2.24, 2.45) is 0 Å². The van der Waals surface area contributed by atoms with Crippen molar-refractivity contribution in [1.82, 2.24) is 0 Å². The molecule has 0 saturated heterocycles. The van der Waals surface area contributed by atoms with Crippen molar-refractivity contribution in [3.05, 3.63) is 58.7 Å². The SMILES string of the molecule is CCOCCOc1ccc(PC(=O)c2c(C)cccc2C)c(C)c1. The van der Waals surface area contributed by atoms with Crippen LogP contribution in [-0.2, 0) is 4.74 Å². The van der Waals surface area contributed by atoms with E-state index < -0.39 is 0 Å². The number of rotatable bonds is 8. The lowest BCUT2D eigenvalue weighted by atomic mass is 10.0. The smallest absolute Gasteiger partial charge is 0.186 e. The fourth-order valence-corrected chi connectivity index (χ4v) is 3.79. The first kappa shape index (κ1) is 18.6. The molecule has 0 radical (unpaired) electrons. The second-order valence-corrected chi connectivity index (χ2v) is 6.99. The molecule has 0 saturated carbocycles. The molecule has 0 bridgehead atoms. The number of benzene rings is 2. The zero-order chi connectivity index (χ0) is 17.5. The van der Waals surface area contributed by atoms with Gasteiger partial charge >= 0.3 is 0 Å². The van der Waals surface area contributed by atoms with Crippen LogP contribution in [0.1, 0.15) is 34.0 Å². The molecule has 0 aromatic heterocycles. The van der Waals surface area contributed by atoms with Gasteiger partial charge in [-0.15, -0.1) is 0 Å². The third-order valence-corrected chi connectivity index (χ3v) is 5.16. The summed E-state index contributed by atoms with van der Waals surface area (Å²) in [6.45, 7) is 9.80. The first-order valence-electron chi connectivity index (χ1n) is 8.21. The Labute approximate surface area is 146 Å². The van der Waals surface area contributed by atoms with Crippen molar-refractivity contribution in [3.63, 3.8) is 0 Å². The van der Waals surface area contributed by atoms with Gasteiger partial charge in [0.25, 0.3) is 0 Å². The summed E-state index contributed by atoms with van der Waals surface area (Å²) in [4.78, 5) is 12.7. The van der Waals surface area contributed by atoms with E-state index in [0.29, 0.717) is 19.8 Å². The Balaban J connectivity index is 2.06.